The van der Waals surface area contributed by atoms with Gasteiger partial charge in [-0.1, -0.05) is 0 Å². The van der Waals surface area contributed by atoms with Crippen LogP contribution in [0.15, 0.2) is 41.8 Å². The van der Waals surface area contributed by atoms with Crippen LogP contribution in [0.3, 0.4) is 0 Å². The van der Waals surface area contributed by atoms with Gasteiger partial charge < -0.3 is 14.5 Å². The number of hydrogen-bond acceptors (Lipinski definition) is 5. The first-order valence-corrected chi connectivity index (χ1v) is 9.87. The Morgan fingerprint density at radius 3 is 2.76 bits per heavy atom. The van der Waals surface area contributed by atoms with E-state index >= 15 is 0 Å². The Bertz CT molecular complexity index is 1130. The topological polar surface area (TPSA) is 96.8 Å². The molecule has 1 spiro atoms. The predicted octanol–water partition coefficient (Wildman–Crippen LogP) is 1.69. The zero-order valence-electron chi connectivity index (χ0n) is 16.3. The van der Waals surface area contributed by atoms with Crippen molar-refractivity contribution < 1.29 is 4.79 Å². The lowest BCUT2D eigenvalue weighted by atomic mass is 9.76. The SMILES string of the molecule is Cn1cnc(C(=O)N2CCC3(CCc4c3nc(-c3cccnc3)[nH]c4=O)CC2)c1. The van der Waals surface area contributed by atoms with Crippen molar-refractivity contribution in [1.82, 2.24) is 29.4 Å². The minimum Gasteiger partial charge on any atom is -0.340 e. The number of imidazole rings is 1. The van der Waals surface area contributed by atoms with Crippen molar-refractivity contribution in [2.24, 2.45) is 7.05 Å². The maximum absolute atomic E-state index is 12.7. The predicted molar refractivity (Wildman–Crippen MR) is 106 cm³/mol. The van der Waals surface area contributed by atoms with Gasteiger partial charge in [0.25, 0.3) is 11.5 Å². The number of rotatable bonds is 2. The largest absolute Gasteiger partial charge is 0.340 e. The summed E-state index contributed by atoms with van der Waals surface area (Å²) in [6.45, 7) is 1.29. The first-order valence-electron chi connectivity index (χ1n) is 9.87. The van der Waals surface area contributed by atoms with Crippen LogP contribution in [0.25, 0.3) is 11.4 Å². The highest BCUT2D eigenvalue weighted by Gasteiger charge is 2.44. The highest BCUT2D eigenvalue weighted by molar-refractivity contribution is 5.92. The number of pyridine rings is 1. The van der Waals surface area contributed by atoms with Crippen molar-refractivity contribution in [3.63, 3.8) is 0 Å². The second kappa shape index (κ2) is 6.65. The smallest absolute Gasteiger partial charge is 0.274 e. The summed E-state index contributed by atoms with van der Waals surface area (Å²) in [5.41, 5.74) is 2.78. The summed E-state index contributed by atoms with van der Waals surface area (Å²) < 4.78 is 1.78. The number of carbonyl (C=O) groups excluding carboxylic acids is 1. The number of fused-ring (bicyclic) bond motifs is 2. The molecular formula is C21H22N6O2. The third-order valence-corrected chi connectivity index (χ3v) is 6.24. The molecule has 8 nitrogen and oxygen atoms in total. The number of aromatic nitrogens is 5. The van der Waals surface area contributed by atoms with Gasteiger partial charge in [0.1, 0.15) is 11.5 Å². The highest BCUT2D eigenvalue weighted by Crippen LogP contribution is 2.44. The van der Waals surface area contributed by atoms with E-state index < -0.39 is 0 Å². The second-order valence-corrected chi connectivity index (χ2v) is 7.98. The summed E-state index contributed by atoms with van der Waals surface area (Å²) >= 11 is 0. The fourth-order valence-electron chi connectivity index (χ4n) is 4.60. The van der Waals surface area contributed by atoms with E-state index in [-0.39, 0.29) is 16.9 Å². The third-order valence-electron chi connectivity index (χ3n) is 6.24. The van der Waals surface area contributed by atoms with E-state index in [1.54, 1.807) is 29.5 Å². The summed E-state index contributed by atoms with van der Waals surface area (Å²) in [7, 11) is 1.85. The molecule has 5 rings (SSSR count). The van der Waals surface area contributed by atoms with E-state index in [1.165, 1.54) is 0 Å². The summed E-state index contributed by atoms with van der Waals surface area (Å²) in [5, 5.41) is 0. The molecule has 29 heavy (non-hydrogen) atoms. The molecule has 1 aliphatic carbocycles. The van der Waals surface area contributed by atoms with Gasteiger partial charge >= 0.3 is 0 Å². The van der Waals surface area contributed by atoms with E-state index in [0.717, 1.165) is 42.5 Å². The lowest BCUT2D eigenvalue weighted by molar-refractivity contribution is 0.0658. The lowest BCUT2D eigenvalue weighted by Gasteiger charge is -2.39. The first-order chi connectivity index (χ1) is 14.1. The molecule has 8 heteroatoms. The molecule has 0 saturated carbocycles. The Kier molecular flexibility index (Phi) is 4.08. The summed E-state index contributed by atoms with van der Waals surface area (Å²) in [4.78, 5) is 43.4. The van der Waals surface area contributed by atoms with Crippen LogP contribution in [-0.2, 0) is 18.9 Å². The highest BCUT2D eigenvalue weighted by atomic mass is 16.2. The molecule has 4 heterocycles. The van der Waals surface area contributed by atoms with E-state index in [9.17, 15) is 9.59 Å². The fourth-order valence-corrected chi connectivity index (χ4v) is 4.60. The van der Waals surface area contributed by atoms with Gasteiger partial charge in [0.2, 0.25) is 0 Å². The van der Waals surface area contributed by atoms with Crippen LogP contribution < -0.4 is 5.56 Å². The number of H-pyrrole nitrogens is 1. The number of piperidine rings is 1. The molecule has 2 aliphatic rings. The first kappa shape index (κ1) is 17.8. The van der Waals surface area contributed by atoms with Crippen LogP contribution in [0, 0.1) is 0 Å². The zero-order valence-corrected chi connectivity index (χ0v) is 16.3. The van der Waals surface area contributed by atoms with Crippen molar-refractivity contribution in [3.05, 3.63) is 64.4 Å². The van der Waals surface area contributed by atoms with Gasteiger partial charge in [-0.3, -0.25) is 14.6 Å². The Labute approximate surface area is 167 Å². The van der Waals surface area contributed by atoms with E-state index in [0.29, 0.717) is 24.6 Å². The molecule has 3 aromatic heterocycles. The van der Waals surface area contributed by atoms with Crippen molar-refractivity contribution >= 4 is 5.91 Å². The lowest BCUT2D eigenvalue weighted by Crippen LogP contribution is -2.45. The number of hydrogen-bond donors (Lipinski definition) is 1. The molecule has 0 atom stereocenters. The molecule has 1 amide bonds. The molecule has 1 fully saturated rings. The number of aryl methyl sites for hydroxylation is 1. The Hall–Kier alpha value is -3.29. The van der Waals surface area contributed by atoms with Crippen molar-refractivity contribution in [3.8, 4) is 11.4 Å². The minimum absolute atomic E-state index is 0.0337. The van der Waals surface area contributed by atoms with Gasteiger partial charge in [-0.15, -0.1) is 0 Å². The third kappa shape index (κ3) is 2.95. The molecule has 0 aromatic carbocycles. The van der Waals surface area contributed by atoms with Gasteiger partial charge in [0.15, 0.2) is 0 Å². The minimum atomic E-state index is -0.137. The van der Waals surface area contributed by atoms with Gasteiger partial charge in [-0.25, -0.2) is 9.97 Å². The number of nitrogens with zero attached hydrogens (tertiary/aromatic N) is 5. The average molecular weight is 390 g/mol. The Morgan fingerprint density at radius 2 is 2.07 bits per heavy atom. The number of likely N-dealkylation sites (tertiary alicyclic amines) is 1. The van der Waals surface area contributed by atoms with Crippen LogP contribution in [0.5, 0.6) is 0 Å². The van der Waals surface area contributed by atoms with Gasteiger partial charge in [0.05, 0.1) is 12.0 Å². The van der Waals surface area contributed by atoms with E-state index in [2.05, 4.69) is 15.0 Å². The van der Waals surface area contributed by atoms with Crippen molar-refractivity contribution in [1.29, 1.82) is 0 Å². The average Bonchev–Trinajstić information content (AvgIpc) is 3.33. The number of nitrogens with one attached hydrogen (secondary N) is 1. The van der Waals surface area contributed by atoms with E-state index in [1.807, 2.05) is 24.1 Å². The number of carbonyl (C=O) groups is 1. The second-order valence-electron chi connectivity index (χ2n) is 7.98. The van der Waals surface area contributed by atoms with Gasteiger partial charge in [-0.2, -0.15) is 0 Å². The molecule has 1 saturated heterocycles. The number of amides is 1. The van der Waals surface area contributed by atoms with Crippen molar-refractivity contribution in [2.45, 2.75) is 31.1 Å². The quantitative estimate of drug-likeness (QED) is 0.718. The van der Waals surface area contributed by atoms with Crippen LogP contribution in [0.1, 0.15) is 41.0 Å². The molecule has 148 valence electrons. The van der Waals surface area contributed by atoms with Gasteiger partial charge in [-0.05, 0) is 37.8 Å². The molecule has 0 radical (unpaired) electrons. The Balaban J connectivity index is 1.42. The van der Waals surface area contributed by atoms with Crippen LogP contribution in [-0.4, -0.2) is 48.4 Å². The maximum atomic E-state index is 12.7. The molecule has 0 bridgehead atoms. The van der Waals surface area contributed by atoms with Crippen LogP contribution in [0.4, 0.5) is 0 Å². The fraction of sp³-hybridized carbons (Fsp3) is 0.381. The summed E-state index contributed by atoms with van der Waals surface area (Å²) in [5.74, 6) is 0.531. The monoisotopic (exact) mass is 390 g/mol. The normalized spacial score (nSPS) is 17.5. The van der Waals surface area contributed by atoms with Crippen LogP contribution in [0.2, 0.25) is 0 Å². The molecule has 1 aliphatic heterocycles. The van der Waals surface area contributed by atoms with Crippen molar-refractivity contribution in [2.75, 3.05) is 13.1 Å². The maximum Gasteiger partial charge on any atom is 0.274 e. The molecule has 1 N–H and O–H groups in total. The van der Waals surface area contributed by atoms with E-state index in [4.69, 9.17) is 4.98 Å². The zero-order chi connectivity index (χ0) is 20.0. The van der Waals surface area contributed by atoms with Crippen LogP contribution >= 0.6 is 0 Å². The molecule has 3 aromatic rings. The molecule has 0 unspecified atom stereocenters. The molecular weight excluding hydrogens is 368 g/mol. The Morgan fingerprint density at radius 1 is 1.24 bits per heavy atom. The number of aromatic amines is 1. The summed E-state index contributed by atoms with van der Waals surface area (Å²) in [6.07, 6.45) is 10.1. The summed E-state index contributed by atoms with van der Waals surface area (Å²) in [6, 6.07) is 3.73. The van der Waals surface area contributed by atoms with Gasteiger partial charge in [0, 0.05) is 55.3 Å². The standard InChI is InChI=1S/C21H22N6O2/c1-26-12-16(23-13-26)20(29)27-9-6-21(7-10-27)5-4-15-17(21)24-18(25-19(15)28)14-3-2-8-22-11-14/h2-3,8,11-13H,4-7,9-10H2,1H3,(H,24,25,28).